The van der Waals surface area contributed by atoms with Crippen LogP contribution < -0.4 is 10.1 Å². The van der Waals surface area contributed by atoms with E-state index in [1.807, 2.05) is 6.07 Å². The first-order valence-electron chi connectivity index (χ1n) is 8.39. The highest BCUT2D eigenvalue weighted by atomic mass is 35.5. The van der Waals surface area contributed by atoms with E-state index in [-0.39, 0.29) is 10.9 Å². The Balaban J connectivity index is 1.68. The molecule has 1 heterocycles. The summed E-state index contributed by atoms with van der Waals surface area (Å²) in [4.78, 5) is 12.3. The molecular weight excluding hydrogens is 431 g/mol. The first kappa shape index (κ1) is 20.8. The zero-order chi connectivity index (χ0) is 20.8. The summed E-state index contributed by atoms with van der Waals surface area (Å²) < 4.78 is 5.41. The van der Waals surface area contributed by atoms with Crippen LogP contribution in [0.3, 0.4) is 0 Å². The Kier molecular flexibility index (Phi) is 6.83. The first-order valence-corrected chi connectivity index (χ1v) is 9.96. The Morgan fingerprint density at radius 2 is 1.83 bits per heavy atom. The topological polar surface area (TPSA) is 87.9 Å². The second-order valence-electron chi connectivity index (χ2n) is 5.82. The summed E-state index contributed by atoms with van der Waals surface area (Å²) in [7, 11) is 0. The SMILES string of the molecule is CC(C#N)Oc1ccc(/C=C(/Cl)c2nnc(C(=O)Nc3ccc(Cl)cc3)s2)cc1. The van der Waals surface area contributed by atoms with Crippen LogP contribution in [0.15, 0.2) is 48.5 Å². The maximum Gasteiger partial charge on any atom is 0.286 e. The Bertz CT molecular complexity index is 1070. The number of hydrogen-bond acceptors (Lipinski definition) is 6. The summed E-state index contributed by atoms with van der Waals surface area (Å²) in [6.45, 7) is 1.67. The van der Waals surface area contributed by atoms with E-state index < -0.39 is 6.10 Å². The number of aromatic nitrogens is 2. The molecule has 0 aliphatic carbocycles. The van der Waals surface area contributed by atoms with E-state index in [2.05, 4.69) is 15.5 Å². The minimum atomic E-state index is -0.529. The zero-order valence-electron chi connectivity index (χ0n) is 15.1. The van der Waals surface area contributed by atoms with Gasteiger partial charge in [-0.15, -0.1) is 10.2 Å². The monoisotopic (exact) mass is 444 g/mol. The number of nitrogens with one attached hydrogen (secondary N) is 1. The van der Waals surface area contributed by atoms with Crippen molar-refractivity contribution in [2.75, 3.05) is 5.32 Å². The van der Waals surface area contributed by atoms with Crippen LogP contribution in [-0.4, -0.2) is 22.2 Å². The van der Waals surface area contributed by atoms with Gasteiger partial charge < -0.3 is 10.1 Å². The van der Waals surface area contributed by atoms with E-state index in [1.165, 1.54) is 0 Å². The van der Waals surface area contributed by atoms with Gasteiger partial charge in [0.1, 0.15) is 11.8 Å². The molecule has 0 bridgehead atoms. The van der Waals surface area contributed by atoms with Gasteiger partial charge in [0.25, 0.3) is 5.91 Å². The van der Waals surface area contributed by atoms with Gasteiger partial charge in [-0.2, -0.15) is 5.26 Å². The minimum absolute atomic E-state index is 0.190. The molecule has 3 rings (SSSR count). The molecule has 1 atom stereocenters. The first-order chi connectivity index (χ1) is 13.9. The number of carbonyl (C=O) groups is 1. The van der Waals surface area contributed by atoms with Crippen LogP contribution >= 0.6 is 34.5 Å². The number of carbonyl (C=O) groups excluding carboxylic acids is 1. The van der Waals surface area contributed by atoms with Gasteiger partial charge in [0.05, 0.1) is 5.03 Å². The van der Waals surface area contributed by atoms with Gasteiger partial charge in [-0.25, -0.2) is 0 Å². The average molecular weight is 445 g/mol. The van der Waals surface area contributed by atoms with Crippen LogP contribution in [0.4, 0.5) is 5.69 Å². The largest absolute Gasteiger partial charge is 0.476 e. The van der Waals surface area contributed by atoms with Crippen LogP contribution in [0, 0.1) is 11.3 Å². The molecule has 0 fully saturated rings. The van der Waals surface area contributed by atoms with Crippen LogP contribution in [-0.2, 0) is 0 Å². The molecule has 0 spiro atoms. The highest BCUT2D eigenvalue weighted by Gasteiger charge is 2.15. The second kappa shape index (κ2) is 9.52. The van der Waals surface area contributed by atoms with Gasteiger partial charge in [0.15, 0.2) is 11.1 Å². The predicted octanol–water partition coefficient (Wildman–Crippen LogP) is 5.47. The molecule has 1 amide bonds. The minimum Gasteiger partial charge on any atom is -0.476 e. The molecule has 3 aromatic rings. The number of anilines is 1. The highest BCUT2D eigenvalue weighted by Crippen LogP contribution is 2.26. The molecule has 1 unspecified atom stereocenters. The van der Waals surface area contributed by atoms with Gasteiger partial charge in [0, 0.05) is 10.7 Å². The van der Waals surface area contributed by atoms with Crippen molar-refractivity contribution in [2.45, 2.75) is 13.0 Å². The van der Waals surface area contributed by atoms with E-state index in [0.717, 1.165) is 16.9 Å². The number of benzene rings is 2. The molecule has 2 aromatic carbocycles. The van der Waals surface area contributed by atoms with E-state index in [0.29, 0.717) is 26.5 Å². The van der Waals surface area contributed by atoms with Crippen LogP contribution in [0.1, 0.15) is 27.3 Å². The lowest BCUT2D eigenvalue weighted by atomic mass is 10.2. The Morgan fingerprint density at radius 1 is 1.17 bits per heavy atom. The summed E-state index contributed by atoms with van der Waals surface area (Å²) in [6.07, 6.45) is 1.18. The van der Waals surface area contributed by atoms with Gasteiger partial charge in [-0.05, 0) is 55.0 Å². The molecule has 29 heavy (non-hydrogen) atoms. The van der Waals surface area contributed by atoms with Crippen LogP contribution in [0.2, 0.25) is 5.02 Å². The third-order valence-electron chi connectivity index (χ3n) is 3.59. The van der Waals surface area contributed by atoms with Crippen molar-refractivity contribution >= 4 is 57.2 Å². The fourth-order valence-electron chi connectivity index (χ4n) is 2.21. The normalized spacial score (nSPS) is 12.1. The molecule has 0 aliphatic rings. The number of halogens is 2. The predicted molar refractivity (Wildman–Crippen MR) is 115 cm³/mol. The molecule has 146 valence electrons. The van der Waals surface area contributed by atoms with E-state index in [9.17, 15) is 4.79 Å². The molecule has 1 N–H and O–H groups in total. The van der Waals surface area contributed by atoms with Gasteiger partial charge >= 0.3 is 0 Å². The highest BCUT2D eigenvalue weighted by molar-refractivity contribution is 7.15. The van der Waals surface area contributed by atoms with Crippen molar-refractivity contribution in [1.29, 1.82) is 5.26 Å². The van der Waals surface area contributed by atoms with Gasteiger partial charge in [0.2, 0.25) is 5.01 Å². The molecule has 0 saturated carbocycles. The molecule has 6 nitrogen and oxygen atoms in total. The third kappa shape index (κ3) is 5.78. The number of hydrogen-bond donors (Lipinski definition) is 1. The van der Waals surface area contributed by atoms with Gasteiger partial charge in [-0.1, -0.05) is 46.7 Å². The van der Waals surface area contributed by atoms with E-state index in [1.54, 1.807) is 61.5 Å². The summed E-state index contributed by atoms with van der Waals surface area (Å²) >= 11 is 13.2. The molecule has 9 heteroatoms. The molecule has 0 aliphatic heterocycles. The van der Waals surface area contributed by atoms with Crippen molar-refractivity contribution in [3.63, 3.8) is 0 Å². The Morgan fingerprint density at radius 3 is 2.48 bits per heavy atom. The number of nitriles is 1. The van der Waals surface area contributed by atoms with Crippen molar-refractivity contribution < 1.29 is 9.53 Å². The standard InChI is InChI=1S/C20H14Cl2N4O2S/c1-12(11-23)28-16-8-2-13(3-9-16)10-17(22)19-25-26-20(29-19)18(27)24-15-6-4-14(21)5-7-15/h2-10,12H,1H3,(H,24,27)/b17-10+. The maximum atomic E-state index is 12.3. The lowest BCUT2D eigenvalue weighted by Crippen LogP contribution is -2.11. The quantitative estimate of drug-likeness (QED) is 0.544. The number of ether oxygens (including phenoxy) is 1. The second-order valence-corrected chi connectivity index (χ2v) is 7.65. The summed E-state index contributed by atoms with van der Waals surface area (Å²) in [5.74, 6) is 0.207. The molecule has 0 saturated heterocycles. The molecular formula is C20H14Cl2N4O2S. The van der Waals surface area contributed by atoms with Crippen molar-refractivity contribution in [3.8, 4) is 11.8 Å². The van der Waals surface area contributed by atoms with Crippen molar-refractivity contribution in [1.82, 2.24) is 10.2 Å². The van der Waals surface area contributed by atoms with Crippen molar-refractivity contribution in [2.24, 2.45) is 0 Å². The summed E-state index contributed by atoms with van der Waals surface area (Å²) in [5, 5.41) is 20.9. The maximum absolute atomic E-state index is 12.3. The fourth-order valence-corrected chi connectivity index (χ4v) is 3.26. The Hall–Kier alpha value is -2.92. The molecule has 1 aromatic heterocycles. The van der Waals surface area contributed by atoms with Gasteiger partial charge in [-0.3, -0.25) is 4.79 Å². The average Bonchev–Trinajstić information content (AvgIpc) is 3.22. The lowest BCUT2D eigenvalue weighted by Gasteiger charge is -2.07. The fraction of sp³-hybridized carbons (Fsp3) is 0.100. The number of amides is 1. The van der Waals surface area contributed by atoms with Crippen LogP contribution in [0.5, 0.6) is 5.75 Å². The number of rotatable bonds is 6. The van der Waals surface area contributed by atoms with E-state index in [4.69, 9.17) is 33.2 Å². The van der Waals surface area contributed by atoms with Crippen LogP contribution in [0.25, 0.3) is 11.1 Å². The lowest BCUT2D eigenvalue weighted by molar-refractivity contribution is 0.102. The summed E-state index contributed by atoms with van der Waals surface area (Å²) in [5.41, 5.74) is 1.42. The van der Waals surface area contributed by atoms with E-state index >= 15 is 0 Å². The Labute approximate surface area is 181 Å². The smallest absolute Gasteiger partial charge is 0.286 e. The number of nitrogens with zero attached hydrogens (tertiary/aromatic N) is 3. The molecule has 0 radical (unpaired) electrons. The zero-order valence-corrected chi connectivity index (χ0v) is 17.4. The third-order valence-corrected chi connectivity index (χ3v) is 5.20. The summed E-state index contributed by atoms with van der Waals surface area (Å²) in [6, 6.07) is 15.8. The van der Waals surface area contributed by atoms with Crippen molar-refractivity contribution in [3.05, 3.63) is 69.1 Å².